The molecule has 0 bridgehead atoms. The summed E-state index contributed by atoms with van der Waals surface area (Å²) in [5.41, 5.74) is 8.19. The summed E-state index contributed by atoms with van der Waals surface area (Å²) in [5, 5.41) is 0. The van der Waals surface area contributed by atoms with E-state index in [1.54, 1.807) is 0 Å². The summed E-state index contributed by atoms with van der Waals surface area (Å²) >= 11 is 3.47. The van der Waals surface area contributed by atoms with E-state index in [1.807, 2.05) is 6.07 Å². The molecule has 2 aromatic rings. The molecule has 3 nitrogen and oxygen atoms in total. The Balaban J connectivity index is 2.02. The fourth-order valence-corrected chi connectivity index (χ4v) is 3.02. The number of halogens is 1. The lowest BCUT2D eigenvalue weighted by atomic mass is 10.2. The first-order chi connectivity index (χ1) is 8.20. The van der Waals surface area contributed by atoms with Gasteiger partial charge in [-0.1, -0.05) is 29.3 Å². The third-order valence-electron chi connectivity index (χ3n) is 3.56. The van der Waals surface area contributed by atoms with Gasteiger partial charge in [0.25, 0.3) is 0 Å². The lowest BCUT2D eigenvalue weighted by Crippen LogP contribution is -2.02. The highest BCUT2D eigenvalue weighted by Crippen LogP contribution is 2.48. The summed E-state index contributed by atoms with van der Waals surface area (Å²) in [6.07, 6.45) is 3.79. The van der Waals surface area contributed by atoms with Crippen molar-refractivity contribution in [3.63, 3.8) is 0 Å². The number of fused-ring (bicyclic) bond motifs is 1. The highest BCUT2D eigenvalue weighted by atomic mass is 79.9. The van der Waals surface area contributed by atoms with Crippen LogP contribution in [0.5, 0.6) is 0 Å². The molecule has 0 aliphatic heterocycles. The zero-order chi connectivity index (χ0) is 12.0. The van der Waals surface area contributed by atoms with Gasteiger partial charge in [-0.25, -0.2) is 4.98 Å². The Kier molecular flexibility index (Phi) is 2.62. The van der Waals surface area contributed by atoms with Crippen molar-refractivity contribution in [1.29, 1.82) is 0 Å². The molecular formula is C13H16BrN3. The molecular weight excluding hydrogens is 278 g/mol. The van der Waals surface area contributed by atoms with Gasteiger partial charge in [-0.05, 0) is 37.0 Å². The second kappa shape index (κ2) is 4.02. The largest absolute Gasteiger partial charge is 0.369 e. The monoisotopic (exact) mass is 293 g/mol. The van der Waals surface area contributed by atoms with Gasteiger partial charge in [0.15, 0.2) is 0 Å². The number of nitrogens with two attached hydrogens (primary N) is 1. The van der Waals surface area contributed by atoms with Crippen LogP contribution in [0.4, 0.5) is 5.95 Å². The topological polar surface area (TPSA) is 43.8 Å². The summed E-state index contributed by atoms with van der Waals surface area (Å²) < 4.78 is 3.26. The van der Waals surface area contributed by atoms with Crippen molar-refractivity contribution < 1.29 is 0 Å². The molecule has 0 radical (unpaired) electrons. The number of aromatic nitrogens is 2. The minimum absolute atomic E-state index is 0.570. The van der Waals surface area contributed by atoms with Gasteiger partial charge in [-0.2, -0.15) is 0 Å². The quantitative estimate of drug-likeness (QED) is 0.937. The third kappa shape index (κ3) is 1.84. The zero-order valence-corrected chi connectivity index (χ0v) is 11.4. The van der Waals surface area contributed by atoms with Crippen molar-refractivity contribution in [3.05, 3.63) is 22.7 Å². The second-order valence-corrected chi connectivity index (χ2v) is 5.74. The molecule has 4 heteroatoms. The Morgan fingerprint density at radius 2 is 2.35 bits per heavy atom. The third-order valence-corrected chi connectivity index (χ3v) is 4.05. The molecule has 1 fully saturated rings. The van der Waals surface area contributed by atoms with Crippen LogP contribution < -0.4 is 5.73 Å². The van der Waals surface area contributed by atoms with E-state index in [-0.39, 0.29) is 0 Å². The average molecular weight is 294 g/mol. The normalized spacial score (nSPS) is 23.2. The maximum atomic E-state index is 6.04. The average Bonchev–Trinajstić information content (AvgIpc) is 2.94. The van der Waals surface area contributed by atoms with Crippen LogP contribution in [0.1, 0.15) is 32.2 Å². The van der Waals surface area contributed by atoms with E-state index in [9.17, 15) is 0 Å². The van der Waals surface area contributed by atoms with Crippen LogP contribution >= 0.6 is 15.9 Å². The van der Waals surface area contributed by atoms with Crippen molar-refractivity contribution in [2.45, 2.75) is 32.2 Å². The van der Waals surface area contributed by atoms with E-state index in [1.165, 1.54) is 19.3 Å². The van der Waals surface area contributed by atoms with Gasteiger partial charge in [0.2, 0.25) is 5.95 Å². The first-order valence-electron chi connectivity index (χ1n) is 6.13. The molecule has 0 saturated heterocycles. The summed E-state index contributed by atoms with van der Waals surface area (Å²) in [6, 6.07) is 6.75. The molecule has 2 unspecified atom stereocenters. The molecule has 2 N–H and O–H groups in total. The lowest BCUT2D eigenvalue weighted by molar-refractivity contribution is 0.622. The maximum Gasteiger partial charge on any atom is 0.201 e. The van der Waals surface area contributed by atoms with E-state index in [0.717, 1.165) is 21.4 Å². The number of rotatable bonds is 3. The van der Waals surface area contributed by atoms with E-state index >= 15 is 0 Å². The van der Waals surface area contributed by atoms with Gasteiger partial charge in [0, 0.05) is 10.5 Å². The van der Waals surface area contributed by atoms with Crippen LogP contribution in [0, 0.1) is 5.92 Å². The predicted molar refractivity (Wildman–Crippen MR) is 73.9 cm³/mol. The van der Waals surface area contributed by atoms with Crippen LogP contribution in [-0.2, 0) is 0 Å². The van der Waals surface area contributed by atoms with Gasteiger partial charge in [-0.3, -0.25) is 0 Å². The molecule has 90 valence electrons. The molecule has 17 heavy (non-hydrogen) atoms. The Morgan fingerprint density at radius 1 is 1.53 bits per heavy atom. The standard InChI is InChI=1S/C13H16BrN3/c1-2-3-8-6-12(8)17-11-5-4-9(14)7-10(11)16-13(17)15/h4-5,7-8,12H,2-3,6H2,1H3,(H2,15,16). The Morgan fingerprint density at radius 3 is 3.12 bits per heavy atom. The number of anilines is 1. The van der Waals surface area contributed by atoms with Crippen LogP contribution in [0.25, 0.3) is 11.0 Å². The molecule has 1 aromatic carbocycles. The fraction of sp³-hybridized carbons (Fsp3) is 0.462. The van der Waals surface area contributed by atoms with Crippen molar-refractivity contribution in [2.24, 2.45) is 5.92 Å². The maximum absolute atomic E-state index is 6.04. The Hall–Kier alpha value is -1.03. The predicted octanol–water partition coefficient (Wildman–Crippen LogP) is 3.74. The van der Waals surface area contributed by atoms with Gasteiger partial charge in [0.1, 0.15) is 0 Å². The molecule has 3 rings (SSSR count). The molecule has 0 spiro atoms. The number of benzene rings is 1. The number of nitrogen functional groups attached to an aromatic ring is 1. The molecule has 2 atom stereocenters. The SMILES string of the molecule is CCCC1CC1n1c(N)nc2cc(Br)ccc21. The summed E-state index contributed by atoms with van der Waals surface area (Å²) in [5.74, 6) is 1.45. The summed E-state index contributed by atoms with van der Waals surface area (Å²) in [6.45, 7) is 2.24. The van der Waals surface area contributed by atoms with Crippen molar-refractivity contribution in [1.82, 2.24) is 9.55 Å². The number of hydrogen-bond acceptors (Lipinski definition) is 2. The zero-order valence-electron chi connectivity index (χ0n) is 9.86. The molecule has 1 aliphatic rings. The highest BCUT2D eigenvalue weighted by Gasteiger charge is 2.39. The highest BCUT2D eigenvalue weighted by molar-refractivity contribution is 9.10. The van der Waals surface area contributed by atoms with Gasteiger partial charge >= 0.3 is 0 Å². The Labute approximate surface area is 109 Å². The summed E-state index contributed by atoms with van der Waals surface area (Å²) in [4.78, 5) is 4.44. The molecule has 1 aliphatic carbocycles. The van der Waals surface area contributed by atoms with Crippen LogP contribution in [0.3, 0.4) is 0 Å². The van der Waals surface area contributed by atoms with Crippen LogP contribution in [0.2, 0.25) is 0 Å². The van der Waals surface area contributed by atoms with Gasteiger partial charge in [-0.15, -0.1) is 0 Å². The summed E-state index contributed by atoms with van der Waals surface area (Å²) in [7, 11) is 0. The van der Waals surface area contributed by atoms with Crippen molar-refractivity contribution >= 4 is 32.9 Å². The smallest absolute Gasteiger partial charge is 0.201 e. The van der Waals surface area contributed by atoms with Crippen molar-refractivity contribution in [2.75, 3.05) is 5.73 Å². The van der Waals surface area contributed by atoms with E-state index in [2.05, 4.69) is 44.5 Å². The second-order valence-electron chi connectivity index (χ2n) is 4.82. The van der Waals surface area contributed by atoms with Crippen molar-refractivity contribution in [3.8, 4) is 0 Å². The minimum atomic E-state index is 0.570. The van der Waals surface area contributed by atoms with Gasteiger partial charge in [0.05, 0.1) is 11.0 Å². The van der Waals surface area contributed by atoms with E-state index < -0.39 is 0 Å². The molecule has 1 heterocycles. The van der Waals surface area contributed by atoms with Crippen LogP contribution in [-0.4, -0.2) is 9.55 Å². The van der Waals surface area contributed by atoms with Gasteiger partial charge < -0.3 is 10.3 Å². The first kappa shape index (κ1) is 11.1. The Bertz CT molecular complexity index is 561. The van der Waals surface area contributed by atoms with E-state index in [4.69, 9.17) is 5.73 Å². The molecule has 0 amide bonds. The number of imidazole rings is 1. The van der Waals surface area contributed by atoms with E-state index in [0.29, 0.717) is 12.0 Å². The molecule has 1 aromatic heterocycles. The lowest BCUT2D eigenvalue weighted by Gasteiger charge is -2.05. The minimum Gasteiger partial charge on any atom is -0.369 e. The fourth-order valence-electron chi connectivity index (χ4n) is 2.67. The number of hydrogen-bond donors (Lipinski definition) is 1. The molecule has 1 saturated carbocycles. The van der Waals surface area contributed by atoms with Crippen LogP contribution in [0.15, 0.2) is 22.7 Å². The first-order valence-corrected chi connectivity index (χ1v) is 6.93. The number of nitrogens with zero attached hydrogens (tertiary/aromatic N) is 2.